The molecule has 144 valence electrons. The first-order chi connectivity index (χ1) is 13.0. The van der Waals surface area contributed by atoms with Gasteiger partial charge in [-0.3, -0.25) is 4.79 Å². The molecule has 0 saturated carbocycles. The number of benzene rings is 1. The topological polar surface area (TPSA) is 80.3 Å². The van der Waals surface area contributed by atoms with Gasteiger partial charge in [0, 0.05) is 17.6 Å². The third-order valence-corrected chi connectivity index (χ3v) is 4.93. The zero-order valence-electron chi connectivity index (χ0n) is 15.8. The van der Waals surface area contributed by atoms with Gasteiger partial charge in [-0.05, 0) is 30.9 Å². The first-order valence-electron chi connectivity index (χ1n) is 8.87. The molecule has 2 N–H and O–H groups in total. The fourth-order valence-electron chi connectivity index (χ4n) is 2.38. The van der Waals surface area contributed by atoms with E-state index in [4.69, 9.17) is 4.74 Å². The molecule has 1 aromatic carbocycles. The molecule has 7 heteroatoms. The Morgan fingerprint density at radius 3 is 2.78 bits per heavy atom. The van der Waals surface area contributed by atoms with Gasteiger partial charge in [-0.25, -0.2) is 9.78 Å². The highest BCUT2D eigenvalue weighted by Gasteiger charge is 2.22. The Morgan fingerprint density at radius 1 is 1.33 bits per heavy atom. The van der Waals surface area contributed by atoms with Gasteiger partial charge in [-0.2, -0.15) is 0 Å². The summed E-state index contributed by atoms with van der Waals surface area (Å²) >= 11 is 1.29. The van der Waals surface area contributed by atoms with E-state index in [1.165, 1.54) is 11.3 Å². The van der Waals surface area contributed by atoms with E-state index in [9.17, 15) is 9.59 Å². The molecule has 1 amide bonds. The van der Waals surface area contributed by atoms with E-state index in [2.05, 4.69) is 36.0 Å². The fraction of sp³-hybridized carbons (Fsp3) is 0.350. The summed E-state index contributed by atoms with van der Waals surface area (Å²) in [6.07, 6.45) is 1.72. The molecular formula is C20H25N3O3S. The van der Waals surface area contributed by atoms with Crippen molar-refractivity contribution in [2.75, 3.05) is 17.2 Å². The van der Waals surface area contributed by atoms with Crippen LogP contribution in [0, 0.1) is 0 Å². The van der Waals surface area contributed by atoms with Crippen LogP contribution in [0.3, 0.4) is 0 Å². The van der Waals surface area contributed by atoms with Crippen LogP contribution >= 0.6 is 11.3 Å². The van der Waals surface area contributed by atoms with Gasteiger partial charge in [0.05, 0.1) is 0 Å². The molecule has 6 nitrogen and oxygen atoms in total. The van der Waals surface area contributed by atoms with E-state index in [1.807, 2.05) is 24.3 Å². The lowest BCUT2D eigenvalue weighted by Gasteiger charge is -2.18. The minimum Gasteiger partial charge on any atom is -0.448 e. The number of thiazole rings is 1. The molecule has 0 saturated heterocycles. The molecule has 2 aromatic rings. The minimum atomic E-state index is -0.936. The molecule has 0 aliphatic carbocycles. The second-order valence-electron chi connectivity index (χ2n) is 6.14. The van der Waals surface area contributed by atoms with Crippen LogP contribution in [0.25, 0.3) is 0 Å². The minimum absolute atomic E-state index is 0.172. The lowest BCUT2D eigenvalue weighted by Crippen LogP contribution is -2.30. The van der Waals surface area contributed by atoms with Gasteiger partial charge in [0.25, 0.3) is 5.91 Å². The molecule has 0 aliphatic heterocycles. The number of para-hydroxylation sites is 1. The zero-order valence-corrected chi connectivity index (χ0v) is 16.6. The summed E-state index contributed by atoms with van der Waals surface area (Å²) in [7, 11) is 0. The summed E-state index contributed by atoms with van der Waals surface area (Å²) in [5, 5.41) is 8.05. The van der Waals surface area contributed by atoms with Crippen LogP contribution in [0.1, 0.15) is 49.2 Å². The van der Waals surface area contributed by atoms with Crippen LogP contribution in [0.15, 0.2) is 42.3 Å². The third-order valence-electron chi connectivity index (χ3n) is 4.13. The van der Waals surface area contributed by atoms with Crippen molar-refractivity contribution in [1.82, 2.24) is 4.98 Å². The Bertz CT molecular complexity index is 803. The van der Waals surface area contributed by atoms with Crippen molar-refractivity contribution in [2.45, 2.75) is 39.2 Å². The number of rotatable bonds is 9. The summed E-state index contributed by atoms with van der Waals surface area (Å²) < 4.78 is 5.26. The summed E-state index contributed by atoms with van der Waals surface area (Å²) in [6, 6.07) is 7.66. The standard InChI is InChI=1S/C20H25N3O3S/c1-5-11-21-20-23-17(12-27-20)19(25)26-14(4)18(24)22-16-10-8-7-9-15(16)13(3)6-2/h5,7-10,12-14H,1,6,11H2,2-4H3,(H,21,23)(H,22,24)/t13-,14+/m0/s1. The van der Waals surface area contributed by atoms with Gasteiger partial charge < -0.3 is 15.4 Å². The largest absolute Gasteiger partial charge is 0.448 e. The van der Waals surface area contributed by atoms with Crippen LogP contribution in [0.2, 0.25) is 0 Å². The molecule has 0 bridgehead atoms. The Hall–Kier alpha value is -2.67. The van der Waals surface area contributed by atoms with Gasteiger partial charge in [-0.1, -0.05) is 38.1 Å². The third kappa shape index (κ3) is 5.65. The highest BCUT2D eigenvalue weighted by atomic mass is 32.1. The predicted octanol–water partition coefficient (Wildman–Crippen LogP) is 4.44. The summed E-state index contributed by atoms with van der Waals surface area (Å²) in [6.45, 7) is 9.91. The quantitative estimate of drug-likeness (QED) is 0.491. The smallest absolute Gasteiger partial charge is 0.358 e. The molecule has 27 heavy (non-hydrogen) atoms. The maximum Gasteiger partial charge on any atom is 0.358 e. The molecule has 0 radical (unpaired) electrons. The lowest BCUT2D eigenvalue weighted by atomic mass is 9.97. The molecular weight excluding hydrogens is 362 g/mol. The van der Waals surface area contributed by atoms with E-state index in [0.29, 0.717) is 17.6 Å². The Labute approximate surface area is 163 Å². The molecule has 0 fully saturated rings. The second-order valence-corrected chi connectivity index (χ2v) is 7.00. The number of nitrogens with zero attached hydrogens (tertiary/aromatic N) is 1. The van der Waals surface area contributed by atoms with Crippen LogP contribution in [0.5, 0.6) is 0 Å². The molecule has 2 rings (SSSR count). The maximum absolute atomic E-state index is 12.5. The van der Waals surface area contributed by atoms with Crippen LogP contribution in [-0.4, -0.2) is 29.5 Å². The normalized spacial score (nSPS) is 12.7. The summed E-state index contributed by atoms with van der Waals surface area (Å²) in [5.41, 5.74) is 1.97. The average Bonchev–Trinajstić information content (AvgIpc) is 3.15. The molecule has 1 heterocycles. The summed E-state index contributed by atoms with van der Waals surface area (Å²) in [5.74, 6) is -0.689. The molecule has 2 atom stereocenters. The second kappa shape index (κ2) is 9.87. The van der Waals surface area contributed by atoms with Gasteiger partial charge >= 0.3 is 5.97 Å². The predicted molar refractivity (Wildman–Crippen MR) is 109 cm³/mol. The first kappa shape index (κ1) is 20.6. The number of carbonyl (C=O) groups is 2. The Kier molecular flexibility index (Phi) is 7.55. The van der Waals surface area contributed by atoms with Gasteiger partial charge in [-0.15, -0.1) is 17.9 Å². The van der Waals surface area contributed by atoms with Crippen molar-refractivity contribution in [2.24, 2.45) is 0 Å². The van der Waals surface area contributed by atoms with Gasteiger partial charge in [0.1, 0.15) is 0 Å². The highest BCUT2D eigenvalue weighted by Crippen LogP contribution is 2.26. The number of nitrogens with one attached hydrogen (secondary N) is 2. The number of amides is 1. The Balaban J connectivity index is 1.98. The van der Waals surface area contributed by atoms with E-state index in [0.717, 1.165) is 17.7 Å². The number of carbonyl (C=O) groups excluding carboxylic acids is 2. The van der Waals surface area contributed by atoms with E-state index < -0.39 is 12.1 Å². The number of ether oxygens (including phenoxy) is 1. The molecule has 0 aliphatic rings. The van der Waals surface area contributed by atoms with Crippen molar-refractivity contribution in [3.63, 3.8) is 0 Å². The van der Waals surface area contributed by atoms with Crippen molar-refractivity contribution in [1.29, 1.82) is 0 Å². The van der Waals surface area contributed by atoms with Crippen LogP contribution in [-0.2, 0) is 9.53 Å². The zero-order chi connectivity index (χ0) is 19.8. The summed E-state index contributed by atoms with van der Waals surface area (Å²) in [4.78, 5) is 28.8. The highest BCUT2D eigenvalue weighted by molar-refractivity contribution is 7.13. The van der Waals surface area contributed by atoms with E-state index in [-0.39, 0.29) is 11.6 Å². The average molecular weight is 388 g/mol. The van der Waals surface area contributed by atoms with E-state index in [1.54, 1.807) is 18.4 Å². The van der Waals surface area contributed by atoms with Crippen LogP contribution < -0.4 is 10.6 Å². The van der Waals surface area contributed by atoms with Crippen molar-refractivity contribution < 1.29 is 14.3 Å². The Morgan fingerprint density at radius 2 is 2.07 bits per heavy atom. The van der Waals surface area contributed by atoms with Gasteiger partial charge in [0.15, 0.2) is 16.9 Å². The monoisotopic (exact) mass is 387 g/mol. The molecule has 0 unspecified atom stereocenters. The number of aromatic nitrogens is 1. The van der Waals surface area contributed by atoms with Gasteiger partial charge in [0.2, 0.25) is 0 Å². The number of esters is 1. The number of hydrogen-bond donors (Lipinski definition) is 2. The van der Waals surface area contributed by atoms with Crippen molar-refractivity contribution in [3.8, 4) is 0 Å². The fourth-order valence-corrected chi connectivity index (χ4v) is 3.07. The lowest BCUT2D eigenvalue weighted by molar-refractivity contribution is -0.123. The number of anilines is 2. The molecule has 0 spiro atoms. The number of hydrogen-bond acceptors (Lipinski definition) is 6. The van der Waals surface area contributed by atoms with Crippen LogP contribution in [0.4, 0.5) is 10.8 Å². The molecule has 1 aromatic heterocycles. The van der Waals surface area contributed by atoms with Crippen molar-refractivity contribution in [3.05, 3.63) is 53.6 Å². The maximum atomic E-state index is 12.5. The SMILES string of the molecule is C=CCNc1nc(C(=O)O[C@H](C)C(=O)Nc2ccccc2[C@@H](C)CC)cs1. The van der Waals surface area contributed by atoms with Crippen molar-refractivity contribution >= 4 is 34.0 Å². The van der Waals surface area contributed by atoms with E-state index >= 15 is 0 Å². The first-order valence-corrected chi connectivity index (χ1v) is 9.75.